The quantitative estimate of drug-likeness (QED) is 0.828. The lowest BCUT2D eigenvalue weighted by Crippen LogP contribution is -2.22. The number of hydrogen-bond acceptors (Lipinski definition) is 6. The van der Waals surface area contributed by atoms with Gasteiger partial charge in [-0.25, -0.2) is 0 Å². The molecule has 0 fully saturated rings. The molecule has 0 unspecified atom stereocenters. The van der Waals surface area contributed by atoms with Gasteiger partial charge in [0.1, 0.15) is 0 Å². The van der Waals surface area contributed by atoms with Gasteiger partial charge in [0.25, 0.3) is 0 Å². The second-order valence-corrected chi connectivity index (χ2v) is 3.26. The predicted octanol–water partition coefficient (Wildman–Crippen LogP) is 1.07. The number of hydrogen-bond donors (Lipinski definition) is 1. The first-order valence-corrected chi connectivity index (χ1v) is 5.03. The molecule has 0 saturated heterocycles. The molecule has 6 nitrogen and oxygen atoms in total. The fourth-order valence-corrected chi connectivity index (χ4v) is 1.36. The van der Waals surface area contributed by atoms with Crippen molar-refractivity contribution in [2.45, 2.75) is 13.5 Å². The molecule has 0 aliphatic rings. The summed E-state index contributed by atoms with van der Waals surface area (Å²) in [6.45, 7) is 3.38. The van der Waals surface area contributed by atoms with Gasteiger partial charge >= 0.3 is 12.0 Å². The van der Waals surface area contributed by atoms with Crippen LogP contribution in [0.4, 0.5) is 12.0 Å². The summed E-state index contributed by atoms with van der Waals surface area (Å²) in [7, 11) is 0. The topological polar surface area (TPSA) is 81.1 Å². The lowest BCUT2D eigenvalue weighted by molar-refractivity contribution is 0.547. The molecule has 0 atom stereocenters. The lowest BCUT2D eigenvalue weighted by Gasteiger charge is -2.16. The van der Waals surface area contributed by atoms with E-state index in [-0.39, 0.29) is 6.01 Å². The normalized spacial score (nSPS) is 10.3. The van der Waals surface area contributed by atoms with E-state index in [0.717, 1.165) is 12.2 Å². The van der Waals surface area contributed by atoms with E-state index < -0.39 is 0 Å². The molecule has 2 aromatic heterocycles. The van der Waals surface area contributed by atoms with Crippen LogP contribution in [-0.2, 0) is 6.54 Å². The Balaban J connectivity index is 2.12. The summed E-state index contributed by atoms with van der Waals surface area (Å²) < 4.78 is 5.16. The third-order valence-corrected chi connectivity index (χ3v) is 2.16. The van der Waals surface area contributed by atoms with Gasteiger partial charge < -0.3 is 15.1 Å². The molecule has 0 aromatic carbocycles. The molecule has 0 saturated carbocycles. The smallest absolute Gasteiger partial charge is 0.319 e. The fraction of sp³-hybridized carbons (Fsp3) is 0.300. The van der Waals surface area contributed by atoms with Crippen LogP contribution in [0.1, 0.15) is 12.6 Å². The number of nitrogen functional groups attached to an aromatic ring is 1. The fourth-order valence-electron chi connectivity index (χ4n) is 1.36. The third-order valence-electron chi connectivity index (χ3n) is 2.16. The van der Waals surface area contributed by atoms with E-state index in [2.05, 4.69) is 15.2 Å². The molecule has 84 valence electrons. The molecule has 2 heterocycles. The number of aromatic nitrogens is 3. The molecular weight excluding hydrogens is 206 g/mol. The minimum Gasteiger partial charge on any atom is -0.390 e. The minimum absolute atomic E-state index is 0.0782. The molecule has 6 heteroatoms. The van der Waals surface area contributed by atoms with Crippen LogP contribution < -0.4 is 10.6 Å². The largest absolute Gasteiger partial charge is 0.390 e. The molecule has 0 spiro atoms. The summed E-state index contributed by atoms with van der Waals surface area (Å²) in [5.41, 5.74) is 6.33. The van der Waals surface area contributed by atoms with Crippen LogP contribution in [-0.4, -0.2) is 21.7 Å². The summed E-state index contributed by atoms with van der Waals surface area (Å²) in [5.74, 6) is 0. The van der Waals surface area contributed by atoms with E-state index in [1.807, 2.05) is 30.0 Å². The van der Waals surface area contributed by atoms with Gasteiger partial charge in [0.05, 0.1) is 12.2 Å². The summed E-state index contributed by atoms with van der Waals surface area (Å²) in [6.07, 6.45) is 1.76. The molecule has 16 heavy (non-hydrogen) atoms. The van der Waals surface area contributed by atoms with Gasteiger partial charge in [0.2, 0.25) is 0 Å². The summed E-state index contributed by atoms with van der Waals surface area (Å²) in [5, 5.41) is 7.47. The summed E-state index contributed by atoms with van der Waals surface area (Å²) >= 11 is 0. The third kappa shape index (κ3) is 2.28. The highest BCUT2D eigenvalue weighted by Gasteiger charge is 2.12. The molecular formula is C10H13N5O. The van der Waals surface area contributed by atoms with Crippen LogP contribution in [0, 0.1) is 0 Å². The highest BCUT2D eigenvalue weighted by atomic mass is 16.4. The number of pyridine rings is 1. The second-order valence-electron chi connectivity index (χ2n) is 3.26. The first kappa shape index (κ1) is 10.4. The van der Waals surface area contributed by atoms with Crippen molar-refractivity contribution in [3.63, 3.8) is 0 Å². The van der Waals surface area contributed by atoms with E-state index in [1.54, 1.807) is 6.20 Å². The molecule has 0 amide bonds. The summed E-state index contributed by atoms with van der Waals surface area (Å²) in [6, 6.07) is 6.27. The molecule has 0 aliphatic heterocycles. The Morgan fingerprint density at radius 3 is 2.81 bits per heavy atom. The van der Waals surface area contributed by atoms with Crippen molar-refractivity contribution in [1.82, 2.24) is 15.2 Å². The number of nitrogens with two attached hydrogens (primary N) is 1. The van der Waals surface area contributed by atoms with Crippen LogP contribution >= 0.6 is 0 Å². The highest BCUT2D eigenvalue weighted by Crippen LogP contribution is 2.15. The van der Waals surface area contributed by atoms with Gasteiger partial charge in [-0.05, 0) is 19.1 Å². The van der Waals surface area contributed by atoms with Gasteiger partial charge in [-0.2, -0.15) is 0 Å². The van der Waals surface area contributed by atoms with E-state index in [9.17, 15) is 0 Å². The average Bonchev–Trinajstić information content (AvgIpc) is 2.74. The maximum atomic E-state index is 5.38. The van der Waals surface area contributed by atoms with Gasteiger partial charge in [-0.1, -0.05) is 16.3 Å². The standard InChI is InChI=1S/C10H13N5O/c1-2-15(10-14-13-9(11)16-10)7-8-5-3-4-6-12-8/h3-6H,2,7H2,1H3,(H2,11,13). The van der Waals surface area contributed by atoms with Crippen LogP contribution in [0.15, 0.2) is 28.8 Å². The molecule has 2 N–H and O–H groups in total. The Kier molecular flexibility index (Phi) is 3.00. The molecule has 2 aromatic rings. The molecule has 0 radical (unpaired) electrons. The van der Waals surface area contributed by atoms with Crippen molar-refractivity contribution in [2.24, 2.45) is 0 Å². The van der Waals surface area contributed by atoms with E-state index in [1.165, 1.54) is 0 Å². The van der Waals surface area contributed by atoms with Gasteiger partial charge in [0.15, 0.2) is 0 Å². The molecule has 2 rings (SSSR count). The van der Waals surface area contributed by atoms with Crippen molar-refractivity contribution in [3.05, 3.63) is 30.1 Å². The zero-order valence-electron chi connectivity index (χ0n) is 9.00. The Hall–Kier alpha value is -2.11. The van der Waals surface area contributed by atoms with Gasteiger partial charge in [-0.15, -0.1) is 0 Å². The lowest BCUT2D eigenvalue weighted by atomic mass is 10.3. The van der Waals surface area contributed by atoms with E-state index in [4.69, 9.17) is 10.2 Å². The summed E-state index contributed by atoms with van der Waals surface area (Å²) in [4.78, 5) is 6.14. The van der Waals surface area contributed by atoms with Crippen molar-refractivity contribution in [3.8, 4) is 0 Å². The van der Waals surface area contributed by atoms with Gasteiger partial charge in [0, 0.05) is 12.7 Å². The molecule has 0 aliphatic carbocycles. The van der Waals surface area contributed by atoms with Crippen molar-refractivity contribution in [1.29, 1.82) is 0 Å². The van der Waals surface area contributed by atoms with Crippen molar-refractivity contribution >= 4 is 12.0 Å². The average molecular weight is 219 g/mol. The van der Waals surface area contributed by atoms with Crippen LogP contribution in [0.2, 0.25) is 0 Å². The maximum Gasteiger partial charge on any atom is 0.319 e. The Labute approximate surface area is 93.1 Å². The number of anilines is 2. The zero-order chi connectivity index (χ0) is 11.4. The van der Waals surface area contributed by atoms with E-state index >= 15 is 0 Å². The Bertz CT molecular complexity index is 441. The van der Waals surface area contributed by atoms with Crippen molar-refractivity contribution < 1.29 is 4.42 Å². The van der Waals surface area contributed by atoms with E-state index in [0.29, 0.717) is 12.6 Å². The zero-order valence-corrected chi connectivity index (χ0v) is 9.00. The SMILES string of the molecule is CCN(Cc1ccccn1)c1nnc(N)o1. The minimum atomic E-state index is 0.0782. The van der Waals surface area contributed by atoms with Crippen LogP contribution in [0.5, 0.6) is 0 Å². The monoisotopic (exact) mass is 219 g/mol. The number of rotatable bonds is 4. The Morgan fingerprint density at radius 2 is 2.25 bits per heavy atom. The molecule has 0 bridgehead atoms. The Morgan fingerprint density at radius 1 is 1.38 bits per heavy atom. The maximum absolute atomic E-state index is 5.38. The second kappa shape index (κ2) is 4.61. The first-order chi connectivity index (χ1) is 7.79. The highest BCUT2D eigenvalue weighted by molar-refractivity contribution is 5.28. The van der Waals surface area contributed by atoms with Crippen molar-refractivity contribution in [2.75, 3.05) is 17.2 Å². The first-order valence-electron chi connectivity index (χ1n) is 5.03. The predicted molar refractivity (Wildman–Crippen MR) is 59.7 cm³/mol. The van der Waals surface area contributed by atoms with Crippen LogP contribution in [0.25, 0.3) is 0 Å². The van der Waals surface area contributed by atoms with Crippen LogP contribution in [0.3, 0.4) is 0 Å². The number of nitrogens with zero attached hydrogens (tertiary/aromatic N) is 4. The van der Waals surface area contributed by atoms with Gasteiger partial charge in [-0.3, -0.25) is 4.98 Å².